The van der Waals surface area contributed by atoms with E-state index in [9.17, 15) is 14.4 Å². The van der Waals surface area contributed by atoms with Crippen molar-refractivity contribution in [3.8, 4) is 0 Å². The maximum atomic E-state index is 12.9. The molecule has 1 saturated heterocycles. The van der Waals surface area contributed by atoms with Gasteiger partial charge in [-0.05, 0) is 47.8 Å². The number of esters is 3. The Morgan fingerprint density at radius 1 is 1.32 bits per heavy atom. The lowest BCUT2D eigenvalue weighted by atomic mass is 9.61. The van der Waals surface area contributed by atoms with Gasteiger partial charge in [0.15, 0.2) is 0 Å². The van der Waals surface area contributed by atoms with Crippen LogP contribution in [-0.4, -0.2) is 43.0 Å². The van der Waals surface area contributed by atoms with Crippen molar-refractivity contribution >= 4 is 29.7 Å². The van der Waals surface area contributed by atoms with E-state index >= 15 is 0 Å². The summed E-state index contributed by atoms with van der Waals surface area (Å²) in [5.74, 6) is -1.31. The Bertz CT molecular complexity index is 712. The number of rotatable bonds is 4. The van der Waals surface area contributed by atoms with Crippen molar-refractivity contribution in [3.63, 3.8) is 0 Å². The quantitative estimate of drug-likeness (QED) is 0.306. The Kier molecular flexibility index (Phi) is 5.67. The molecule has 2 saturated carbocycles. The minimum atomic E-state index is -1.07. The SMILES string of the molecule is C=C1COC(=O)C12CC1(C)C(C)CCC(OC(=O)/C=C/SC)C1C2OC(C)=O. The van der Waals surface area contributed by atoms with Crippen LogP contribution in [0.1, 0.15) is 40.0 Å². The van der Waals surface area contributed by atoms with Crippen molar-refractivity contribution in [2.45, 2.75) is 52.2 Å². The smallest absolute Gasteiger partial charge is 0.331 e. The van der Waals surface area contributed by atoms with E-state index in [0.29, 0.717) is 18.4 Å². The van der Waals surface area contributed by atoms with E-state index in [2.05, 4.69) is 20.4 Å². The van der Waals surface area contributed by atoms with Crippen molar-refractivity contribution in [1.82, 2.24) is 0 Å². The van der Waals surface area contributed by atoms with Crippen molar-refractivity contribution in [2.75, 3.05) is 12.9 Å². The van der Waals surface area contributed by atoms with Crippen LogP contribution < -0.4 is 0 Å². The molecular formula is C21H28O6S. The van der Waals surface area contributed by atoms with Gasteiger partial charge in [0.2, 0.25) is 0 Å². The molecule has 3 aliphatic rings. The molecule has 6 atom stereocenters. The number of hydrogen-bond donors (Lipinski definition) is 0. The van der Waals surface area contributed by atoms with Crippen molar-refractivity contribution < 1.29 is 28.6 Å². The van der Waals surface area contributed by atoms with E-state index in [1.54, 1.807) is 5.41 Å². The van der Waals surface area contributed by atoms with E-state index in [0.717, 1.165) is 6.42 Å². The first kappa shape index (κ1) is 21.0. The van der Waals surface area contributed by atoms with Crippen LogP contribution in [0.2, 0.25) is 0 Å². The number of thioether (sulfide) groups is 1. The summed E-state index contributed by atoms with van der Waals surface area (Å²) in [6.07, 6.45) is 4.08. The maximum Gasteiger partial charge on any atom is 0.331 e. The number of cyclic esters (lactones) is 1. The monoisotopic (exact) mass is 408 g/mol. The minimum absolute atomic E-state index is 0.134. The molecule has 154 valence electrons. The normalized spacial score (nSPS) is 39.9. The summed E-state index contributed by atoms with van der Waals surface area (Å²) in [5.41, 5.74) is -0.776. The topological polar surface area (TPSA) is 78.9 Å². The summed E-state index contributed by atoms with van der Waals surface area (Å²) < 4.78 is 16.9. The van der Waals surface area contributed by atoms with E-state index in [4.69, 9.17) is 14.2 Å². The van der Waals surface area contributed by atoms with Crippen LogP contribution in [-0.2, 0) is 28.6 Å². The van der Waals surface area contributed by atoms with Gasteiger partial charge < -0.3 is 14.2 Å². The predicted octanol–water partition coefficient (Wildman–Crippen LogP) is 3.26. The largest absolute Gasteiger partial charge is 0.461 e. The molecule has 6 unspecified atom stereocenters. The van der Waals surface area contributed by atoms with Gasteiger partial charge in [-0.15, -0.1) is 11.8 Å². The summed E-state index contributed by atoms with van der Waals surface area (Å²) >= 11 is 1.41. The van der Waals surface area contributed by atoms with Crippen molar-refractivity contribution in [3.05, 3.63) is 23.6 Å². The highest BCUT2D eigenvalue weighted by Crippen LogP contribution is 2.66. The van der Waals surface area contributed by atoms with Crippen LogP contribution in [0.25, 0.3) is 0 Å². The van der Waals surface area contributed by atoms with Gasteiger partial charge in [-0.3, -0.25) is 9.59 Å². The van der Waals surface area contributed by atoms with Crippen molar-refractivity contribution in [1.29, 1.82) is 0 Å². The van der Waals surface area contributed by atoms with Crippen LogP contribution in [0.3, 0.4) is 0 Å². The van der Waals surface area contributed by atoms with Gasteiger partial charge in [0.25, 0.3) is 0 Å². The second-order valence-electron chi connectivity index (χ2n) is 8.38. The third-order valence-corrected chi connectivity index (χ3v) is 7.33. The van der Waals surface area contributed by atoms with Crippen LogP contribution in [0.4, 0.5) is 0 Å². The molecule has 3 rings (SSSR count). The number of ether oxygens (including phenoxy) is 3. The molecule has 0 aromatic rings. The molecule has 0 amide bonds. The fourth-order valence-electron chi connectivity index (χ4n) is 5.38. The lowest BCUT2D eigenvalue weighted by Gasteiger charge is -2.46. The van der Waals surface area contributed by atoms with Gasteiger partial charge in [-0.1, -0.05) is 20.4 Å². The molecule has 7 heteroatoms. The fourth-order valence-corrected chi connectivity index (χ4v) is 5.63. The molecule has 2 aliphatic carbocycles. The molecule has 28 heavy (non-hydrogen) atoms. The molecule has 1 aliphatic heterocycles. The summed E-state index contributed by atoms with van der Waals surface area (Å²) in [4.78, 5) is 37.1. The average molecular weight is 409 g/mol. The maximum absolute atomic E-state index is 12.9. The number of carbonyl (C=O) groups is 3. The Morgan fingerprint density at radius 3 is 2.61 bits per heavy atom. The summed E-state index contributed by atoms with van der Waals surface area (Å²) in [7, 11) is 0. The first-order valence-corrected chi connectivity index (χ1v) is 10.9. The van der Waals surface area contributed by atoms with Crippen LogP contribution in [0, 0.1) is 22.7 Å². The first-order chi connectivity index (χ1) is 13.2. The first-order valence-electron chi connectivity index (χ1n) is 9.59. The highest BCUT2D eigenvalue weighted by molar-refractivity contribution is 8.01. The highest BCUT2D eigenvalue weighted by atomic mass is 32.2. The third kappa shape index (κ3) is 3.17. The number of hydrogen-bond acceptors (Lipinski definition) is 7. The molecule has 0 radical (unpaired) electrons. The van der Waals surface area contributed by atoms with E-state index < -0.39 is 29.6 Å². The molecule has 1 spiro atoms. The second-order valence-corrected chi connectivity index (χ2v) is 9.13. The minimum Gasteiger partial charge on any atom is -0.461 e. The number of fused-ring (bicyclic) bond motifs is 1. The molecular weight excluding hydrogens is 380 g/mol. The predicted molar refractivity (Wildman–Crippen MR) is 105 cm³/mol. The van der Waals surface area contributed by atoms with E-state index in [-0.39, 0.29) is 29.8 Å². The summed E-state index contributed by atoms with van der Waals surface area (Å²) in [6, 6.07) is 0. The summed E-state index contributed by atoms with van der Waals surface area (Å²) in [6.45, 7) is 9.79. The Morgan fingerprint density at radius 2 is 2.04 bits per heavy atom. The zero-order valence-corrected chi connectivity index (χ0v) is 17.7. The number of carbonyl (C=O) groups excluding carboxylic acids is 3. The molecule has 3 fully saturated rings. The van der Waals surface area contributed by atoms with E-state index in [1.165, 1.54) is 24.8 Å². The van der Waals surface area contributed by atoms with Crippen LogP contribution >= 0.6 is 11.8 Å². The van der Waals surface area contributed by atoms with Gasteiger partial charge in [0, 0.05) is 18.9 Å². The van der Waals surface area contributed by atoms with E-state index in [1.807, 2.05) is 6.26 Å². The second kappa shape index (κ2) is 7.58. The lowest BCUT2D eigenvalue weighted by Crippen LogP contribution is -2.50. The van der Waals surface area contributed by atoms with Gasteiger partial charge >= 0.3 is 17.9 Å². The third-order valence-electron chi connectivity index (χ3n) is 6.92. The van der Waals surface area contributed by atoms with Crippen molar-refractivity contribution in [2.24, 2.45) is 22.7 Å². The standard InChI is InChI=1S/C21H28O6S/c1-12-6-7-15(27-16(23)8-9-28-5)17-18(26-14(3)22)21(11-20(12,17)4)13(2)10-25-19(21)24/h8-9,12,15,17-18H,2,6-7,10-11H2,1,3-5H3/b9-8+. The molecule has 0 N–H and O–H groups in total. The fraction of sp³-hybridized carbons (Fsp3) is 0.667. The van der Waals surface area contributed by atoms with Gasteiger partial charge in [-0.25, -0.2) is 4.79 Å². The lowest BCUT2D eigenvalue weighted by molar-refractivity contribution is -0.172. The van der Waals surface area contributed by atoms with Gasteiger partial charge in [0.05, 0.1) is 0 Å². The van der Waals surface area contributed by atoms with Gasteiger partial charge in [-0.2, -0.15) is 0 Å². The molecule has 1 heterocycles. The molecule has 0 bridgehead atoms. The van der Waals surface area contributed by atoms with Crippen LogP contribution in [0.15, 0.2) is 23.6 Å². The molecule has 0 aromatic carbocycles. The highest BCUT2D eigenvalue weighted by Gasteiger charge is 2.71. The Balaban J connectivity index is 2.03. The molecule has 6 nitrogen and oxygen atoms in total. The Labute approximate surface area is 170 Å². The zero-order valence-electron chi connectivity index (χ0n) is 16.9. The average Bonchev–Trinajstić information content (AvgIpc) is 3.06. The van der Waals surface area contributed by atoms with Gasteiger partial charge in [0.1, 0.15) is 24.2 Å². The Hall–Kier alpha value is -1.76. The zero-order chi connectivity index (χ0) is 20.7. The van der Waals surface area contributed by atoms with Crippen LogP contribution in [0.5, 0.6) is 0 Å². The molecule has 0 aromatic heterocycles. The summed E-state index contributed by atoms with van der Waals surface area (Å²) in [5, 5.41) is 1.67.